The number of hydrogen-bond donors (Lipinski definition) is 4. The Bertz CT molecular complexity index is 503. The van der Waals surface area contributed by atoms with Gasteiger partial charge in [0.05, 0.1) is 11.2 Å². The van der Waals surface area contributed by atoms with Gasteiger partial charge in [-0.25, -0.2) is 9.59 Å². The van der Waals surface area contributed by atoms with Crippen LogP contribution in [0.5, 0.6) is 0 Å². The molecule has 0 atom stereocenters. The number of aryl methyl sites for hydroxylation is 1. The number of anilines is 1. The van der Waals surface area contributed by atoms with Gasteiger partial charge >= 0.3 is 12.0 Å². The molecule has 0 aliphatic rings. The molecule has 0 bridgehead atoms. The first-order chi connectivity index (χ1) is 8.61. The maximum absolute atomic E-state index is 11.6. The van der Waals surface area contributed by atoms with Crippen molar-refractivity contribution in [2.45, 2.75) is 33.3 Å². The van der Waals surface area contributed by atoms with Crippen molar-refractivity contribution in [1.82, 2.24) is 5.32 Å². The van der Waals surface area contributed by atoms with Crippen molar-refractivity contribution in [3.63, 3.8) is 0 Å². The van der Waals surface area contributed by atoms with E-state index in [1.807, 2.05) is 0 Å². The van der Waals surface area contributed by atoms with Gasteiger partial charge in [0, 0.05) is 11.4 Å². The molecule has 1 aromatic rings. The number of amides is 2. The third kappa shape index (κ3) is 4.22. The molecule has 0 aliphatic heterocycles. The Morgan fingerprint density at radius 1 is 1.32 bits per heavy atom. The molecule has 0 spiro atoms. The quantitative estimate of drug-likeness (QED) is 0.680. The SMILES string of the molecule is Cc1sc(NC(=O)NCC(C)(C)O)c(C(=O)O)c1C. The van der Waals surface area contributed by atoms with Crippen molar-refractivity contribution >= 4 is 28.3 Å². The number of aromatic carboxylic acids is 1. The molecule has 2 amide bonds. The van der Waals surface area contributed by atoms with Crippen LogP contribution in [-0.2, 0) is 0 Å². The second-order valence-corrected chi connectivity index (χ2v) is 6.14. The van der Waals surface area contributed by atoms with Crippen molar-refractivity contribution in [2.75, 3.05) is 11.9 Å². The molecule has 19 heavy (non-hydrogen) atoms. The smallest absolute Gasteiger partial charge is 0.338 e. The molecule has 0 fully saturated rings. The first-order valence-electron chi connectivity index (χ1n) is 5.72. The van der Waals surface area contributed by atoms with Gasteiger partial charge in [0.15, 0.2) is 0 Å². The van der Waals surface area contributed by atoms with E-state index in [2.05, 4.69) is 10.6 Å². The molecule has 0 saturated carbocycles. The van der Waals surface area contributed by atoms with E-state index in [9.17, 15) is 14.7 Å². The zero-order valence-corrected chi connectivity index (χ0v) is 12.1. The summed E-state index contributed by atoms with van der Waals surface area (Å²) in [4.78, 5) is 23.6. The van der Waals surface area contributed by atoms with Crippen molar-refractivity contribution in [3.8, 4) is 0 Å². The molecule has 4 N–H and O–H groups in total. The van der Waals surface area contributed by atoms with Gasteiger partial charge in [-0.3, -0.25) is 5.32 Å². The lowest BCUT2D eigenvalue weighted by molar-refractivity contribution is 0.0697. The number of thiophene rings is 1. The summed E-state index contributed by atoms with van der Waals surface area (Å²) in [6, 6.07) is -0.536. The Morgan fingerprint density at radius 2 is 1.89 bits per heavy atom. The van der Waals surface area contributed by atoms with Crippen LogP contribution in [0.1, 0.15) is 34.6 Å². The molecule has 1 rings (SSSR count). The number of nitrogens with one attached hydrogen (secondary N) is 2. The van der Waals surface area contributed by atoms with Crippen molar-refractivity contribution < 1.29 is 19.8 Å². The Kier molecular flexibility index (Phi) is 4.54. The third-order valence-electron chi connectivity index (χ3n) is 2.51. The number of rotatable bonds is 4. The molecular weight excluding hydrogens is 268 g/mol. The first-order valence-corrected chi connectivity index (χ1v) is 6.54. The normalized spacial score (nSPS) is 11.2. The highest BCUT2D eigenvalue weighted by Crippen LogP contribution is 2.32. The largest absolute Gasteiger partial charge is 0.478 e. The van der Waals surface area contributed by atoms with Crippen molar-refractivity contribution in [1.29, 1.82) is 0 Å². The molecule has 0 radical (unpaired) electrons. The summed E-state index contributed by atoms with van der Waals surface area (Å²) in [7, 11) is 0. The van der Waals surface area contributed by atoms with Crippen LogP contribution in [0, 0.1) is 13.8 Å². The summed E-state index contributed by atoms with van der Waals surface area (Å²) < 4.78 is 0. The lowest BCUT2D eigenvalue weighted by Crippen LogP contribution is -2.40. The van der Waals surface area contributed by atoms with Gasteiger partial charge in [0.1, 0.15) is 5.00 Å². The van der Waals surface area contributed by atoms with Gasteiger partial charge in [-0.05, 0) is 33.3 Å². The number of urea groups is 1. The van der Waals surface area contributed by atoms with Crippen LogP contribution in [-0.4, -0.2) is 34.4 Å². The highest BCUT2D eigenvalue weighted by molar-refractivity contribution is 7.16. The molecular formula is C12H18N2O4S. The lowest BCUT2D eigenvalue weighted by Gasteiger charge is -2.17. The van der Waals surface area contributed by atoms with Crippen molar-refractivity contribution in [2.24, 2.45) is 0 Å². The average molecular weight is 286 g/mol. The Labute approximate surface area is 115 Å². The number of carboxylic acid groups (broad SMARTS) is 1. The van der Waals surface area contributed by atoms with Crippen molar-refractivity contribution in [3.05, 3.63) is 16.0 Å². The van der Waals surface area contributed by atoms with Crippen LogP contribution in [0.15, 0.2) is 0 Å². The van der Waals surface area contributed by atoms with Gasteiger partial charge in [-0.2, -0.15) is 0 Å². The van der Waals surface area contributed by atoms with E-state index in [0.717, 1.165) is 4.88 Å². The first kappa shape index (κ1) is 15.5. The summed E-state index contributed by atoms with van der Waals surface area (Å²) in [5.74, 6) is -1.07. The third-order valence-corrected chi connectivity index (χ3v) is 3.63. The summed E-state index contributed by atoms with van der Waals surface area (Å²) in [5.41, 5.74) is -0.259. The average Bonchev–Trinajstić information content (AvgIpc) is 2.50. The fourth-order valence-corrected chi connectivity index (χ4v) is 2.46. The maximum atomic E-state index is 11.6. The van der Waals surface area contributed by atoms with Gasteiger partial charge in [0.25, 0.3) is 0 Å². The molecule has 1 aromatic heterocycles. The van der Waals surface area contributed by atoms with Crippen LogP contribution in [0.3, 0.4) is 0 Å². The second kappa shape index (κ2) is 5.58. The number of hydrogen-bond acceptors (Lipinski definition) is 4. The van der Waals surface area contributed by atoms with E-state index in [1.54, 1.807) is 27.7 Å². The zero-order valence-electron chi connectivity index (χ0n) is 11.3. The Hall–Kier alpha value is -1.60. The highest BCUT2D eigenvalue weighted by Gasteiger charge is 2.21. The monoisotopic (exact) mass is 286 g/mol. The standard InChI is InChI=1S/C12H18N2O4S/c1-6-7(2)19-9(8(6)10(15)16)14-11(17)13-5-12(3,4)18/h18H,5H2,1-4H3,(H,15,16)(H2,13,14,17). The van der Waals surface area contributed by atoms with E-state index in [1.165, 1.54) is 11.3 Å². The predicted molar refractivity (Wildman–Crippen MR) is 74.1 cm³/mol. The molecule has 6 nitrogen and oxygen atoms in total. The number of aliphatic hydroxyl groups is 1. The minimum Gasteiger partial charge on any atom is -0.478 e. The lowest BCUT2D eigenvalue weighted by atomic mass is 10.1. The predicted octanol–water partition coefficient (Wildman–Crippen LogP) is 1.96. The van der Waals surface area contributed by atoms with Crippen LogP contribution in [0.2, 0.25) is 0 Å². The summed E-state index contributed by atoms with van der Waals surface area (Å²) in [6.45, 7) is 6.71. The zero-order chi connectivity index (χ0) is 14.8. The molecule has 0 saturated heterocycles. The van der Waals surface area contributed by atoms with Crippen LogP contribution in [0.4, 0.5) is 9.80 Å². The molecule has 0 unspecified atom stereocenters. The molecule has 106 valence electrons. The van der Waals surface area contributed by atoms with Gasteiger partial charge in [-0.1, -0.05) is 0 Å². The fourth-order valence-electron chi connectivity index (χ4n) is 1.42. The van der Waals surface area contributed by atoms with E-state index >= 15 is 0 Å². The van der Waals surface area contributed by atoms with Gasteiger partial charge < -0.3 is 15.5 Å². The molecule has 0 aliphatic carbocycles. The van der Waals surface area contributed by atoms with E-state index in [-0.39, 0.29) is 12.1 Å². The fraction of sp³-hybridized carbons (Fsp3) is 0.500. The maximum Gasteiger partial charge on any atom is 0.338 e. The Morgan fingerprint density at radius 3 is 2.37 bits per heavy atom. The molecule has 0 aromatic carbocycles. The van der Waals surface area contributed by atoms with Crippen LogP contribution < -0.4 is 10.6 Å². The molecule has 7 heteroatoms. The van der Waals surface area contributed by atoms with Crippen LogP contribution in [0.25, 0.3) is 0 Å². The second-order valence-electron chi connectivity index (χ2n) is 4.91. The number of carbonyl (C=O) groups excluding carboxylic acids is 1. The molecule has 1 heterocycles. The number of carboxylic acids is 1. The minimum atomic E-state index is -1.07. The van der Waals surface area contributed by atoms with Crippen LogP contribution >= 0.6 is 11.3 Å². The minimum absolute atomic E-state index is 0.0740. The van der Waals surface area contributed by atoms with E-state index in [0.29, 0.717) is 10.6 Å². The topological polar surface area (TPSA) is 98.7 Å². The number of carbonyl (C=O) groups is 2. The van der Waals surface area contributed by atoms with Gasteiger partial charge in [0.2, 0.25) is 0 Å². The summed E-state index contributed by atoms with van der Waals surface area (Å²) in [5, 5.41) is 23.9. The highest BCUT2D eigenvalue weighted by atomic mass is 32.1. The summed E-state index contributed by atoms with van der Waals surface area (Å²) >= 11 is 1.22. The summed E-state index contributed by atoms with van der Waals surface area (Å²) in [6.07, 6.45) is 0. The van der Waals surface area contributed by atoms with E-state index in [4.69, 9.17) is 5.11 Å². The van der Waals surface area contributed by atoms with E-state index < -0.39 is 17.6 Å². The Balaban J connectivity index is 2.80. The van der Waals surface area contributed by atoms with Gasteiger partial charge in [-0.15, -0.1) is 11.3 Å².